The highest BCUT2D eigenvalue weighted by molar-refractivity contribution is 7.12. The maximum Gasteiger partial charge on any atom is 0.350 e. The number of hydrogen-bond acceptors (Lipinski definition) is 4. The molecule has 2 atom stereocenters. The molecule has 0 radical (unpaired) electrons. The van der Waals surface area contributed by atoms with Gasteiger partial charge in [-0.1, -0.05) is 13.8 Å². The number of nitrogens with one attached hydrogen (secondary N) is 1. The van der Waals surface area contributed by atoms with Crippen molar-refractivity contribution >= 4 is 29.0 Å². The van der Waals surface area contributed by atoms with Crippen molar-refractivity contribution in [3.63, 3.8) is 0 Å². The van der Waals surface area contributed by atoms with E-state index in [2.05, 4.69) is 19.2 Å². The zero-order chi connectivity index (χ0) is 14.7. The van der Waals surface area contributed by atoms with Crippen molar-refractivity contribution in [1.82, 2.24) is 4.90 Å². The zero-order valence-electron chi connectivity index (χ0n) is 12.0. The Morgan fingerprint density at radius 3 is 2.60 bits per heavy atom. The molecule has 2 rings (SSSR count). The maximum atomic E-state index is 12.3. The lowest BCUT2D eigenvalue weighted by molar-refractivity contribution is 0.0607. The van der Waals surface area contributed by atoms with Gasteiger partial charge in [0.25, 0.3) is 0 Å². The summed E-state index contributed by atoms with van der Waals surface area (Å²) in [4.78, 5) is 26.1. The third-order valence-corrected chi connectivity index (χ3v) is 4.33. The Bertz CT molecular complexity index is 490. The highest BCUT2D eigenvalue weighted by atomic mass is 32.1. The summed E-state index contributed by atoms with van der Waals surface area (Å²) in [6.07, 6.45) is 1.15. The second-order valence-corrected chi connectivity index (χ2v) is 6.35. The van der Waals surface area contributed by atoms with Gasteiger partial charge in [0.2, 0.25) is 0 Å². The SMILES string of the molecule is COC(=O)c1sccc1NC(=O)N1C[C@@H](C)C[C@H](C)C1. The molecule has 0 saturated carbocycles. The molecule has 110 valence electrons. The average molecular weight is 296 g/mol. The van der Waals surface area contributed by atoms with Crippen LogP contribution in [0.1, 0.15) is 29.9 Å². The average Bonchev–Trinajstić information content (AvgIpc) is 2.84. The van der Waals surface area contributed by atoms with Crippen LogP contribution in [0.4, 0.5) is 10.5 Å². The summed E-state index contributed by atoms with van der Waals surface area (Å²) < 4.78 is 4.70. The van der Waals surface area contributed by atoms with Gasteiger partial charge in [0.15, 0.2) is 0 Å². The highest BCUT2D eigenvalue weighted by Gasteiger charge is 2.26. The predicted octanol–water partition coefficient (Wildman–Crippen LogP) is 3.04. The molecule has 1 fully saturated rings. The number of nitrogens with zero attached hydrogens (tertiary/aromatic N) is 1. The second kappa shape index (κ2) is 6.26. The Morgan fingerprint density at radius 1 is 1.35 bits per heavy atom. The second-order valence-electron chi connectivity index (χ2n) is 5.44. The molecule has 0 aliphatic carbocycles. The number of carbonyl (C=O) groups is 2. The number of likely N-dealkylation sites (tertiary alicyclic amines) is 1. The summed E-state index contributed by atoms with van der Waals surface area (Å²) in [5.41, 5.74) is 0.526. The van der Waals surface area contributed by atoms with Crippen LogP contribution in [-0.2, 0) is 4.74 Å². The van der Waals surface area contributed by atoms with Gasteiger partial charge in [0, 0.05) is 13.1 Å². The first-order valence-corrected chi connectivity index (χ1v) is 7.61. The molecule has 1 aliphatic rings. The molecule has 5 nitrogen and oxygen atoms in total. The summed E-state index contributed by atoms with van der Waals surface area (Å²) >= 11 is 1.26. The van der Waals surface area contributed by atoms with Gasteiger partial charge >= 0.3 is 12.0 Å². The summed E-state index contributed by atoms with van der Waals surface area (Å²) in [7, 11) is 1.33. The monoisotopic (exact) mass is 296 g/mol. The fourth-order valence-corrected chi connectivity index (χ4v) is 3.45. The Balaban J connectivity index is 2.04. The molecule has 6 heteroatoms. The van der Waals surface area contributed by atoms with Crippen molar-refractivity contribution in [3.05, 3.63) is 16.3 Å². The molecule has 2 heterocycles. The van der Waals surface area contributed by atoms with Crippen LogP contribution in [0.2, 0.25) is 0 Å². The molecule has 20 heavy (non-hydrogen) atoms. The fourth-order valence-electron chi connectivity index (χ4n) is 2.68. The van der Waals surface area contributed by atoms with Gasteiger partial charge in [-0.25, -0.2) is 9.59 Å². The van der Waals surface area contributed by atoms with Crippen LogP contribution >= 0.6 is 11.3 Å². The van der Waals surface area contributed by atoms with Gasteiger partial charge in [0.1, 0.15) is 4.88 Å². The van der Waals surface area contributed by atoms with E-state index in [4.69, 9.17) is 4.74 Å². The first-order valence-electron chi connectivity index (χ1n) is 6.73. The maximum absolute atomic E-state index is 12.3. The van der Waals surface area contributed by atoms with Gasteiger partial charge in [-0.15, -0.1) is 11.3 Å². The molecule has 0 spiro atoms. The Morgan fingerprint density at radius 2 is 2.00 bits per heavy atom. The number of anilines is 1. The van der Waals surface area contributed by atoms with Gasteiger partial charge in [0.05, 0.1) is 12.8 Å². The topological polar surface area (TPSA) is 58.6 Å². The molecular weight excluding hydrogens is 276 g/mol. The number of esters is 1. The lowest BCUT2D eigenvalue weighted by atomic mass is 9.92. The molecule has 1 aromatic rings. The van der Waals surface area contributed by atoms with E-state index in [-0.39, 0.29) is 6.03 Å². The van der Waals surface area contributed by atoms with Gasteiger partial charge < -0.3 is 15.0 Å². The first-order chi connectivity index (χ1) is 9.51. The number of methoxy groups -OCH3 is 1. The Hall–Kier alpha value is -1.56. The van der Waals surface area contributed by atoms with Crippen molar-refractivity contribution in [2.24, 2.45) is 11.8 Å². The molecule has 0 unspecified atom stereocenters. The van der Waals surface area contributed by atoms with E-state index in [1.807, 2.05) is 4.90 Å². The summed E-state index contributed by atoms with van der Waals surface area (Å²) in [5, 5.41) is 4.58. The molecule has 0 aromatic carbocycles. The minimum atomic E-state index is -0.421. The lowest BCUT2D eigenvalue weighted by Crippen LogP contribution is -2.44. The number of rotatable bonds is 2. The molecule has 1 N–H and O–H groups in total. The van der Waals surface area contributed by atoms with E-state index >= 15 is 0 Å². The van der Waals surface area contributed by atoms with E-state index < -0.39 is 5.97 Å². The van der Waals surface area contributed by atoms with Crippen LogP contribution in [0.15, 0.2) is 11.4 Å². The van der Waals surface area contributed by atoms with Gasteiger partial charge in [-0.2, -0.15) is 0 Å². The van der Waals surface area contributed by atoms with Crippen LogP contribution < -0.4 is 5.32 Å². The van der Waals surface area contributed by atoms with Crippen molar-refractivity contribution in [2.75, 3.05) is 25.5 Å². The molecule has 1 saturated heterocycles. The van der Waals surface area contributed by atoms with Crippen LogP contribution in [-0.4, -0.2) is 37.1 Å². The fraction of sp³-hybridized carbons (Fsp3) is 0.571. The van der Waals surface area contributed by atoms with E-state index in [1.54, 1.807) is 11.4 Å². The van der Waals surface area contributed by atoms with Crippen LogP contribution in [0, 0.1) is 11.8 Å². The molecular formula is C14H20N2O3S. The van der Waals surface area contributed by atoms with Crippen LogP contribution in [0.5, 0.6) is 0 Å². The highest BCUT2D eigenvalue weighted by Crippen LogP contribution is 2.25. The van der Waals surface area contributed by atoms with Crippen LogP contribution in [0.3, 0.4) is 0 Å². The van der Waals surface area contributed by atoms with Gasteiger partial charge in [-0.3, -0.25) is 0 Å². The Kier molecular flexibility index (Phi) is 4.65. The minimum Gasteiger partial charge on any atom is -0.465 e. The number of urea groups is 1. The minimum absolute atomic E-state index is 0.146. The van der Waals surface area contributed by atoms with Crippen LogP contribution in [0.25, 0.3) is 0 Å². The summed E-state index contributed by atoms with van der Waals surface area (Å²) in [6, 6.07) is 1.58. The molecule has 2 amide bonds. The summed E-state index contributed by atoms with van der Waals surface area (Å²) in [6.45, 7) is 5.82. The third-order valence-electron chi connectivity index (χ3n) is 3.43. The molecule has 1 aromatic heterocycles. The number of thiophene rings is 1. The number of ether oxygens (including phenoxy) is 1. The van der Waals surface area contributed by atoms with E-state index in [0.717, 1.165) is 19.5 Å². The Labute approximate surface area is 122 Å². The van der Waals surface area contributed by atoms with Crippen molar-refractivity contribution in [3.8, 4) is 0 Å². The third kappa shape index (κ3) is 3.30. The number of carbonyl (C=O) groups excluding carboxylic acids is 2. The number of piperidine rings is 1. The van der Waals surface area contributed by atoms with Crippen molar-refractivity contribution in [2.45, 2.75) is 20.3 Å². The smallest absolute Gasteiger partial charge is 0.350 e. The quantitative estimate of drug-likeness (QED) is 0.853. The molecule has 1 aliphatic heterocycles. The summed E-state index contributed by atoms with van der Waals surface area (Å²) in [5.74, 6) is 0.592. The van der Waals surface area contributed by atoms with Crippen molar-refractivity contribution < 1.29 is 14.3 Å². The largest absolute Gasteiger partial charge is 0.465 e. The van der Waals surface area contributed by atoms with Crippen molar-refractivity contribution in [1.29, 1.82) is 0 Å². The van der Waals surface area contributed by atoms with E-state index in [1.165, 1.54) is 18.4 Å². The first kappa shape index (κ1) is 14.8. The zero-order valence-corrected chi connectivity index (χ0v) is 12.8. The predicted molar refractivity (Wildman–Crippen MR) is 79.2 cm³/mol. The molecule has 0 bridgehead atoms. The van der Waals surface area contributed by atoms with Gasteiger partial charge in [-0.05, 0) is 29.7 Å². The number of amides is 2. The lowest BCUT2D eigenvalue weighted by Gasteiger charge is -2.34. The normalized spacial score (nSPS) is 22.4. The number of hydrogen-bond donors (Lipinski definition) is 1. The van der Waals surface area contributed by atoms with E-state index in [9.17, 15) is 9.59 Å². The van der Waals surface area contributed by atoms with E-state index in [0.29, 0.717) is 22.4 Å². The standard InChI is InChI=1S/C14H20N2O3S/c1-9-6-10(2)8-16(7-9)14(18)15-11-4-5-20-12(11)13(17)19-3/h4-5,9-10H,6-8H2,1-3H3,(H,15,18)/t9-,10-/m0/s1.